The summed E-state index contributed by atoms with van der Waals surface area (Å²) < 4.78 is 1.95. The first-order valence-corrected chi connectivity index (χ1v) is 6.42. The molecule has 3 nitrogen and oxygen atoms in total. The molecule has 1 rings (SSSR count). The van der Waals surface area contributed by atoms with E-state index in [2.05, 4.69) is 23.6 Å². The predicted octanol–water partition coefficient (Wildman–Crippen LogP) is 1.61. The van der Waals surface area contributed by atoms with Gasteiger partial charge in [0.2, 0.25) is 0 Å². The Balaban J connectivity index is 2.03. The van der Waals surface area contributed by atoms with Gasteiger partial charge in [-0.05, 0) is 31.4 Å². The van der Waals surface area contributed by atoms with Crippen molar-refractivity contribution < 1.29 is 0 Å². The quantitative estimate of drug-likeness (QED) is 0.746. The fourth-order valence-corrected chi connectivity index (χ4v) is 1.84. The van der Waals surface area contributed by atoms with Gasteiger partial charge in [0.25, 0.3) is 0 Å². The number of aromatic nitrogens is 2. The van der Waals surface area contributed by atoms with Gasteiger partial charge in [0, 0.05) is 25.0 Å². The van der Waals surface area contributed by atoms with Gasteiger partial charge in [-0.25, -0.2) is 0 Å². The predicted molar refractivity (Wildman–Crippen MR) is 62.7 cm³/mol. The molecule has 0 fully saturated rings. The highest BCUT2D eigenvalue weighted by Crippen LogP contribution is 1.99. The highest BCUT2D eigenvalue weighted by Gasteiger charge is 1.99. The van der Waals surface area contributed by atoms with Crippen LogP contribution in [0.1, 0.15) is 13.3 Å². The van der Waals surface area contributed by atoms with Crippen LogP contribution in [0.25, 0.3) is 0 Å². The van der Waals surface area contributed by atoms with Crippen molar-refractivity contribution >= 4 is 11.8 Å². The van der Waals surface area contributed by atoms with Gasteiger partial charge >= 0.3 is 0 Å². The fraction of sp³-hybridized carbons (Fsp3) is 0.700. The van der Waals surface area contributed by atoms with Crippen molar-refractivity contribution in [1.29, 1.82) is 0 Å². The number of nitrogens with one attached hydrogen (secondary N) is 1. The van der Waals surface area contributed by atoms with Crippen LogP contribution >= 0.6 is 11.8 Å². The van der Waals surface area contributed by atoms with Crippen LogP contribution in [0, 0.1) is 0 Å². The lowest BCUT2D eigenvalue weighted by atomic mass is 10.2. The van der Waals surface area contributed by atoms with Crippen molar-refractivity contribution in [2.45, 2.75) is 25.9 Å². The summed E-state index contributed by atoms with van der Waals surface area (Å²) in [6.07, 6.45) is 7.20. The van der Waals surface area contributed by atoms with Crippen molar-refractivity contribution in [3.8, 4) is 0 Å². The average molecular weight is 213 g/mol. The molecular weight excluding hydrogens is 194 g/mol. The molecule has 0 saturated carbocycles. The maximum atomic E-state index is 4.15. The molecule has 80 valence electrons. The molecule has 1 N–H and O–H groups in total. The number of hydrogen-bond donors (Lipinski definition) is 1. The van der Waals surface area contributed by atoms with Crippen LogP contribution in [0.2, 0.25) is 0 Å². The molecule has 1 aromatic rings. The van der Waals surface area contributed by atoms with E-state index in [0.29, 0.717) is 6.04 Å². The summed E-state index contributed by atoms with van der Waals surface area (Å²) in [6.45, 7) is 4.19. The summed E-state index contributed by atoms with van der Waals surface area (Å²) >= 11 is 1.90. The van der Waals surface area contributed by atoms with Crippen LogP contribution in [0.15, 0.2) is 18.5 Å². The summed E-state index contributed by atoms with van der Waals surface area (Å²) in [6, 6.07) is 2.56. The van der Waals surface area contributed by atoms with E-state index in [0.717, 1.165) is 13.1 Å². The zero-order chi connectivity index (χ0) is 10.2. The third-order valence-electron chi connectivity index (χ3n) is 2.15. The molecule has 1 aromatic heterocycles. The van der Waals surface area contributed by atoms with Crippen LogP contribution in [-0.4, -0.2) is 34.4 Å². The maximum absolute atomic E-state index is 4.15. The number of rotatable bonds is 7. The zero-order valence-electron chi connectivity index (χ0n) is 8.94. The molecule has 1 atom stereocenters. The van der Waals surface area contributed by atoms with E-state index in [-0.39, 0.29) is 0 Å². The molecule has 1 heterocycles. The molecule has 0 aliphatic rings. The van der Waals surface area contributed by atoms with Gasteiger partial charge in [-0.3, -0.25) is 4.68 Å². The minimum atomic E-state index is 0.609. The molecule has 0 amide bonds. The lowest BCUT2D eigenvalue weighted by Crippen LogP contribution is -2.29. The van der Waals surface area contributed by atoms with Gasteiger partial charge in [0.15, 0.2) is 0 Å². The Morgan fingerprint density at radius 2 is 2.43 bits per heavy atom. The molecule has 0 aliphatic carbocycles. The van der Waals surface area contributed by atoms with Gasteiger partial charge in [-0.1, -0.05) is 0 Å². The first-order valence-electron chi connectivity index (χ1n) is 5.02. The lowest BCUT2D eigenvalue weighted by Gasteiger charge is -2.12. The molecule has 0 spiro atoms. The normalized spacial score (nSPS) is 13.0. The minimum absolute atomic E-state index is 0.609. The molecule has 0 bridgehead atoms. The molecule has 4 heteroatoms. The van der Waals surface area contributed by atoms with E-state index in [9.17, 15) is 0 Å². The Morgan fingerprint density at radius 1 is 1.57 bits per heavy atom. The summed E-state index contributed by atoms with van der Waals surface area (Å²) in [5.41, 5.74) is 0. The van der Waals surface area contributed by atoms with Gasteiger partial charge < -0.3 is 5.32 Å². The van der Waals surface area contributed by atoms with E-state index < -0.39 is 0 Å². The van der Waals surface area contributed by atoms with E-state index in [4.69, 9.17) is 0 Å². The SMILES string of the molecule is CSCCC(C)NCCn1cccn1. The first kappa shape index (κ1) is 11.6. The maximum Gasteiger partial charge on any atom is 0.0534 e. The average Bonchev–Trinajstić information content (AvgIpc) is 2.67. The lowest BCUT2D eigenvalue weighted by molar-refractivity contribution is 0.489. The fourth-order valence-electron chi connectivity index (χ4n) is 1.25. The third kappa shape index (κ3) is 4.67. The van der Waals surface area contributed by atoms with Gasteiger partial charge in [-0.15, -0.1) is 0 Å². The van der Waals surface area contributed by atoms with E-state index in [1.54, 1.807) is 0 Å². The Hall–Kier alpha value is -0.480. The smallest absolute Gasteiger partial charge is 0.0534 e. The van der Waals surface area contributed by atoms with Crippen molar-refractivity contribution in [2.24, 2.45) is 0 Å². The molecule has 0 saturated heterocycles. The van der Waals surface area contributed by atoms with Crippen molar-refractivity contribution in [1.82, 2.24) is 15.1 Å². The highest BCUT2D eigenvalue weighted by atomic mass is 32.2. The number of hydrogen-bond acceptors (Lipinski definition) is 3. The molecular formula is C10H19N3S. The Morgan fingerprint density at radius 3 is 3.07 bits per heavy atom. The topological polar surface area (TPSA) is 29.9 Å². The molecule has 0 radical (unpaired) electrons. The molecule has 14 heavy (non-hydrogen) atoms. The van der Waals surface area contributed by atoms with Crippen LogP contribution in [0.4, 0.5) is 0 Å². The van der Waals surface area contributed by atoms with E-state index >= 15 is 0 Å². The molecule has 0 aliphatic heterocycles. The number of nitrogens with zero attached hydrogens (tertiary/aromatic N) is 2. The standard InChI is InChI=1S/C10H19N3S/c1-10(4-9-14-2)11-6-8-13-7-3-5-12-13/h3,5,7,10-11H,4,6,8-9H2,1-2H3. The van der Waals surface area contributed by atoms with Crippen molar-refractivity contribution in [3.05, 3.63) is 18.5 Å². The van der Waals surface area contributed by atoms with Crippen LogP contribution in [-0.2, 0) is 6.54 Å². The summed E-state index contributed by atoms with van der Waals surface area (Å²) in [7, 11) is 0. The monoisotopic (exact) mass is 213 g/mol. The summed E-state index contributed by atoms with van der Waals surface area (Å²) in [5.74, 6) is 1.23. The highest BCUT2D eigenvalue weighted by molar-refractivity contribution is 7.98. The van der Waals surface area contributed by atoms with Gasteiger partial charge in [-0.2, -0.15) is 16.9 Å². The number of thioether (sulfide) groups is 1. The Bertz CT molecular complexity index is 223. The van der Waals surface area contributed by atoms with Crippen LogP contribution in [0.5, 0.6) is 0 Å². The Kier molecular flexibility index (Phi) is 5.71. The minimum Gasteiger partial charge on any atom is -0.312 e. The largest absolute Gasteiger partial charge is 0.312 e. The third-order valence-corrected chi connectivity index (χ3v) is 2.79. The van der Waals surface area contributed by atoms with Crippen molar-refractivity contribution in [3.63, 3.8) is 0 Å². The van der Waals surface area contributed by atoms with Crippen LogP contribution in [0.3, 0.4) is 0 Å². The Labute approximate surface area is 90.3 Å². The van der Waals surface area contributed by atoms with Crippen molar-refractivity contribution in [2.75, 3.05) is 18.6 Å². The molecule has 1 unspecified atom stereocenters. The second kappa shape index (κ2) is 6.90. The van der Waals surface area contributed by atoms with E-state index in [1.165, 1.54) is 12.2 Å². The summed E-state index contributed by atoms with van der Waals surface area (Å²) in [4.78, 5) is 0. The van der Waals surface area contributed by atoms with Crippen LogP contribution < -0.4 is 5.32 Å². The second-order valence-corrected chi connectivity index (χ2v) is 4.39. The van der Waals surface area contributed by atoms with Gasteiger partial charge in [0.05, 0.1) is 6.54 Å². The first-order chi connectivity index (χ1) is 6.83. The second-order valence-electron chi connectivity index (χ2n) is 3.41. The van der Waals surface area contributed by atoms with Gasteiger partial charge in [0.1, 0.15) is 0 Å². The molecule has 0 aromatic carbocycles. The van der Waals surface area contributed by atoms with E-state index in [1.807, 2.05) is 34.9 Å². The zero-order valence-corrected chi connectivity index (χ0v) is 9.76. The summed E-state index contributed by atoms with van der Waals surface area (Å²) in [5, 5.41) is 7.63.